The van der Waals surface area contributed by atoms with Gasteiger partial charge in [0.1, 0.15) is 5.84 Å². The van der Waals surface area contributed by atoms with Crippen LogP contribution in [0.4, 0.5) is 5.69 Å². The van der Waals surface area contributed by atoms with Gasteiger partial charge in [0, 0.05) is 18.0 Å². The summed E-state index contributed by atoms with van der Waals surface area (Å²) in [6.07, 6.45) is 2.09. The van der Waals surface area contributed by atoms with Crippen molar-refractivity contribution in [1.82, 2.24) is 5.43 Å². The smallest absolute Gasteiger partial charge is 0.115 e. The van der Waals surface area contributed by atoms with Crippen LogP contribution in [0.5, 0.6) is 0 Å². The molecule has 0 aromatic heterocycles. The van der Waals surface area contributed by atoms with Crippen molar-refractivity contribution in [3.8, 4) is 0 Å². The van der Waals surface area contributed by atoms with Gasteiger partial charge in [-0.05, 0) is 24.6 Å². The first-order chi connectivity index (χ1) is 7.25. The van der Waals surface area contributed by atoms with Crippen molar-refractivity contribution in [3.05, 3.63) is 28.2 Å². The number of anilines is 1. The lowest BCUT2D eigenvalue weighted by Crippen LogP contribution is -2.27. The molecular weight excluding hydrogens is 233 g/mol. The fraction of sp³-hybridized carbons (Fsp3) is 0.300. The molecule has 5 heteroatoms. The Morgan fingerprint density at radius 2 is 2.07 bits per heavy atom. The first-order valence-electron chi connectivity index (χ1n) is 4.76. The average Bonchev–Trinajstić information content (AvgIpc) is 2.69. The third-order valence-electron chi connectivity index (χ3n) is 2.15. The summed E-state index contributed by atoms with van der Waals surface area (Å²) in [4.78, 5) is 4.27. The van der Waals surface area contributed by atoms with E-state index >= 15 is 0 Å². The lowest BCUT2D eigenvalue weighted by molar-refractivity contribution is 0.944. The maximum atomic E-state index is 5.99. The van der Waals surface area contributed by atoms with E-state index in [2.05, 4.69) is 15.8 Å². The third kappa shape index (κ3) is 2.76. The molecule has 0 spiro atoms. The van der Waals surface area contributed by atoms with Crippen LogP contribution in [0.2, 0.25) is 10.0 Å². The second-order valence-electron chi connectivity index (χ2n) is 3.31. The molecule has 1 heterocycles. The van der Waals surface area contributed by atoms with E-state index < -0.39 is 0 Å². The summed E-state index contributed by atoms with van der Waals surface area (Å²) < 4.78 is 0. The number of nitrogens with one attached hydrogen (secondary N) is 2. The van der Waals surface area contributed by atoms with Crippen molar-refractivity contribution in [3.63, 3.8) is 0 Å². The second-order valence-corrected chi connectivity index (χ2v) is 4.15. The van der Waals surface area contributed by atoms with E-state index in [0.717, 1.165) is 30.9 Å². The molecule has 0 saturated carbocycles. The van der Waals surface area contributed by atoms with Crippen LogP contribution in [0, 0.1) is 0 Å². The molecule has 15 heavy (non-hydrogen) atoms. The molecule has 0 unspecified atom stereocenters. The Bertz CT molecular complexity index is 390. The quantitative estimate of drug-likeness (QED) is 0.784. The molecule has 2 rings (SSSR count). The zero-order valence-corrected chi connectivity index (χ0v) is 9.57. The van der Waals surface area contributed by atoms with Gasteiger partial charge in [0.05, 0.1) is 10.7 Å². The number of benzene rings is 1. The van der Waals surface area contributed by atoms with Gasteiger partial charge in [-0.1, -0.05) is 23.2 Å². The van der Waals surface area contributed by atoms with E-state index in [1.165, 1.54) is 0 Å². The van der Waals surface area contributed by atoms with Gasteiger partial charge in [0.2, 0.25) is 0 Å². The molecule has 1 aliphatic heterocycles. The molecule has 3 nitrogen and oxygen atoms in total. The molecule has 80 valence electrons. The number of hydrazine groups is 1. The van der Waals surface area contributed by atoms with Crippen molar-refractivity contribution in [2.45, 2.75) is 12.8 Å². The normalized spacial score (nSPS) is 14.9. The highest BCUT2D eigenvalue weighted by Gasteiger charge is 2.06. The topological polar surface area (TPSA) is 36.4 Å². The molecule has 0 atom stereocenters. The van der Waals surface area contributed by atoms with Crippen LogP contribution in [0.25, 0.3) is 0 Å². The van der Waals surface area contributed by atoms with Crippen LogP contribution in [-0.2, 0) is 0 Å². The number of hydrogen-bond acceptors (Lipinski definition) is 3. The van der Waals surface area contributed by atoms with Crippen LogP contribution < -0.4 is 10.9 Å². The van der Waals surface area contributed by atoms with Crippen molar-refractivity contribution in [2.24, 2.45) is 4.99 Å². The fourth-order valence-electron chi connectivity index (χ4n) is 1.37. The number of hydrogen-bond donors (Lipinski definition) is 2. The zero-order chi connectivity index (χ0) is 10.7. The third-order valence-corrected chi connectivity index (χ3v) is 2.69. The second kappa shape index (κ2) is 4.73. The maximum Gasteiger partial charge on any atom is 0.115 e. The summed E-state index contributed by atoms with van der Waals surface area (Å²) in [6.45, 7) is 0.901. The molecule has 0 aliphatic carbocycles. The highest BCUT2D eigenvalue weighted by molar-refractivity contribution is 6.36. The van der Waals surface area contributed by atoms with E-state index in [-0.39, 0.29) is 0 Å². The molecule has 0 fully saturated rings. The molecule has 1 aromatic rings. The predicted molar refractivity (Wildman–Crippen MR) is 64.8 cm³/mol. The first kappa shape index (κ1) is 10.6. The minimum Gasteiger partial charge on any atom is -0.298 e. The fourth-order valence-corrected chi connectivity index (χ4v) is 1.83. The molecule has 0 saturated heterocycles. The van der Waals surface area contributed by atoms with Gasteiger partial charge in [0.15, 0.2) is 0 Å². The standard InChI is InChI=1S/C10H11Cl2N3/c11-7-3-4-9(8(12)6-7)14-15-10-2-1-5-13-10/h3-4,6,14H,1-2,5H2,(H,13,15). The SMILES string of the molecule is Clc1ccc(NNC2=NCCC2)c(Cl)c1. The maximum absolute atomic E-state index is 5.99. The molecule has 0 bridgehead atoms. The van der Waals surface area contributed by atoms with E-state index in [9.17, 15) is 0 Å². The number of aliphatic imine (C=N–C) groups is 1. The molecule has 1 aliphatic rings. The highest BCUT2D eigenvalue weighted by atomic mass is 35.5. The van der Waals surface area contributed by atoms with Gasteiger partial charge in [0.25, 0.3) is 0 Å². The van der Waals surface area contributed by atoms with Gasteiger partial charge in [-0.3, -0.25) is 15.8 Å². The number of nitrogens with zero attached hydrogens (tertiary/aromatic N) is 1. The van der Waals surface area contributed by atoms with Gasteiger partial charge in [-0.25, -0.2) is 0 Å². The number of rotatable bonds is 2. The van der Waals surface area contributed by atoms with E-state index in [1.807, 2.05) is 6.07 Å². The van der Waals surface area contributed by atoms with E-state index in [1.54, 1.807) is 12.1 Å². The van der Waals surface area contributed by atoms with Crippen molar-refractivity contribution in [1.29, 1.82) is 0 Å². The Kier molecular flexibility index (Phi) is 3.34. The van der Waals surface area contributed by atoms with Crippen LogP contribution in [0.15, 0.2) is 23.2 Å². The van der Waals surface area contributed by atoms with Crippen molar-refractivity contribution < 1.29 is 0 Å². The van der Waals surface area contributed by atoms with Gasteiger partial charge < -0.3 is 0 Å². The molecular formula is C10H11Cl2N3. The Morgan fingerprint density at radius 3 is 2.73 bits per heavy atom. The van der Waals surface area contributed by atoms with Crippen LogP contribution >= 0.6 is 23.2 Å². The van der Waals surface area contributed by atoms with Crippen molar-refractivity contribution >= 4 is 34.7 Å². The Balaban J connectivity index is 1.98. The molecule has 0 amide bonds. The van der Waals surface area contributed by atoms with Crippen molar-refractivity contribution in [2.75, 3.05) is 12.0 Å². The Hall–Kier alpha value is -0.930. The molecule has 2 N–H and O–H groups in total. The first-order valence-corrected chi connectivity index (χ1v) is 5.52. The molecule has 0 radical (unpaired) electrons. The summed E-state index contributed by atoms with van der Waals surface area (Å²) >= 11 is 11.8. The summed E-state index contributed by atoms with van der Waals surface area (Å²) in [6, 6.07) is 5.31. The Labute approximate surface area is 98.5 Å². The van der Waals surface area contributed by atoms with Crippen LogP contribution in [0.1, 0.15) is 12.8 Å². The minimum absolute atomic E-state index is 0.591. The summed E-state index contributed by atoms with van der Waals surface area (Å²) in [5.74, 6) is 0.973. The van der Waals surface area contributed by atoms with Gasteiger partial charge in [-0.2, -0.15) is 0 Å². The summed E-state index contributed by atoms with van der Waals surface area (Å²) in [5.41, 5.74) is 6.84. The predicted octanol–water partition coefficient (Wildman–Crippen LogP) is 3.10. The summed E-state index contributed by atoms with van der Waals surface area (Å²) in [7, 11) is 0. The van der Waals surface area contributed by atoms with E-state index in [4.69, 9.17) is 23.2 Å². The van der Waals surface area contributed by atoms with Crippen LogP contribution in [0.3, 0.4) is 0 Å². The lowest BCUT2D eigenvalue weighted by atomic mass is 10.3. The largest absolute Gasteiger partial charge is 0.298 e. The molecule has 1 aromatic carbocycles. The average molecular weight is 244 g/mol. The monoisotopic (exact) mass is 243 g/mol. The summed E-state index contributed by atoms with van der Waals surface area (Å²) in [5, 5.41) is 1.22. The van der Waals surface area contributed by atoms with Gasteiger partial charge >= 0.3 is 0 Å². The van der Waals surface area contributed by atoms with Crippen LogP contribution in [-0.4, -0.2) is 12.4 Å². The van der Waals surface area contributed by atoms with Gasteiger partial charge in [-0.15, -0.1) is 0 Å². The minimum atomic E-state index is 0.591. The number of halogens is 2. The zero-order valence-electron chi connectivity index (χ0n) is 8.06. The Morgan fingerprint density at radius 1 is 1.20 bits per heavy atom. The lowest BCUT2D eigenvalue weighted by Gasteiger charge is -2.10. The van der Waals surface area contributed by atoms with E-state index in [0.29, 0.717) is 10.0 Å². The number of amidine groups is 1. The highest BCUT2D eigenvalue weighted by Crippen LogP contribution is 2.24.